The van der Waals surface area contributed by atoms with Crippen molar-refractivity contribution in [2.75, 3.05) is 12.5 Å². The van der Waals surface area contributed by atoms with Crippen LogP contribution in [-0.4, -0.2) is 27.2 Å². The molecule has 1 atom stereocenters. The Labute approximate surface area is 138 Å². The van der Waals surface area contributed by atoms with Gasteiger partial charge in [-0.3, -0.25) is 0 Å². The molecule has 5 heteroatoms. The SMILES string of the molecule is CSc1cc(C(O)c2ccc3c(ccn3C)c2)cc(SC)n1. The maximum absolute atomic E-state index is 10.7. The highest BCUT2D eigenvalue weighted by atomic mass is 32.2. The van der Waals surface area contributed by atoms with Crippen molar-refractivity contribution in [2.24, 2.45) is 7.05 Å². The van der Waals surface area contributed by atoms with Gasteiger partial charge in [0.25, 0.3) is 0 Å². The van der Waals surface area contributed by atoms with E-state index >= 15 is 0 Å². The highest BCUT2D eigenvalue weighted by molar-refractivity contribution is 7.99. The first kappa shape index (κ1) is 15.5. The predicted molar refractivity (Wildman–Crippen MR) is 94.8 cm³/mol. The number of aromatic nitrogens is 2. The molecule has 114 valence electrons. The summed E-state index contributed by atoms with van der Waals surface area (Å²) in [6.07, 6.45) is 5.40. The van der Waals surface area contributed by atoms with Crippen LogP contribution in [-0.2, 0) is 7.05 Å². The van der Waals surface area contributed by atoms with E-state index in [9.17, 15) is 5.11 Å². The van der Waals surface area contributed by atoms with Crippen molar-refractivity contribution in [1.82, 2.24) is 9.55 Å². The van der Waals surface area contributed by atoms with Crippen molar-refractivity contribution >= 4 is 34.4 Å². The number of rotatable bonds is 4. The van der Waals surface area contributed by atoms with Gasteiger partial charge in [0.1, 0.15) is 6.10 Å². The van der Waals surface area contributed by atoms with E-state index in [2.05, 4.69) is 27.8 Å². The Bertz CT molecular complexity index is 791. The van der Waals surface area contributed by atoms with Crippen molar-refractivity contribution in [3.8, 4) is 0 Å². The number of fused-ring (bicyclic) bond motifs is 1. The maximum atomic E-state index is 10.7. The molecule has 1 aromatic carbocycles. The summed E-state index contributed by atoms with van der Waals surface area (Å²) in [5.41, 5.74) is 2.96. The van der Waals surface area contributed by atoms with Crippen LogP contribution in [0.2, 0.25) is 0 Å². The largest absolute Gasteiger partial charge is 0.384 e. The number of hydrogen-bond donors (Lipinski definition) is 1. The van der Waals surface area contributed by atoms with Crippen LogP contribution < -0.4 is 0 Å². The standard InChI is InChI=1S/C17H18N2OS2/c1-19-7-6-11-8-12(4-5-14(11)19)17(20)13-9-15(21-2)18-16(10-13)22-3/h4-10,17,20H,1-3H3. The van der Waals surface area contributed by atoms with Crippen LogP contribution in [0.1, 0.15) is 17.2 Å². The zero-order valence-electron chi connectivity index (χ0n) is 12.8. The van der Waals surface area contributed by atoms with Crippen LogP contribution in [0.25, 0.3) is 10.9 Å². The van der Waals surface area contributed by atoms with Gasteiger partial charge in [0.15, 0.2) is 0 Å². The van der Waals surface area contributed by atoms with Crippen molar-refractivity contribution in [3.63, 3.8) is 0 Å². The number of hydrogen-bond acceptors (Lipinski definition) is 4. The minimum Gasteiger partial charge on any atom is -0.384 e. The quantitative estimate of drug-likeness (QED) is 0.731. The first-order chi connectivity index (χ1) is 10.6. The van der Waals surface area contributed by atoms with Gasteiger partial charge in [-0.15, -0.1) is 23.5 Å². The summed E-state index contributed by atoms with van der Waals surface area (Å²) in [6.45, 7) is 0. The molecule has 2 heterocycles. The van der Waals surface area contributed by atoms with E-state index in [1.807, 2.05) is 44.0 Å². The molecule has 1 N–H and O–H groups in total. The highest BCUT2D eigenvalue weighted by Gasteiger charge is 2.14. The molecule has 3 nitrogen and oxygen atoms in total. The summed E-state index contributed by atoms with van der Waals surface area (Å²) >= 11 is 3.18. The molecule has 22 heavy (non-hydrogen) atoms. The van der Waals surface area contributed by atoms with Crippen molar-refractivity contribution in [1.29, 1.82) is 0 Å². The third kappa shape index (κ3) is 2.89. The smallest absolute Gasteiger partial charge is 0.104 e. The van der Waals surface area contributed by atoms with E-state index in [1.165, 1.54) is 5.52 Å². The van der Waals surface area contributed by atoms with E-state index in [-0.39, 0.29) is 0 Å². The molecule has 3 aromatic rings. The lowest BCUT2D eigenvalue weighted by Gasteiger charge is -2.14. The molecule has 0 saturated heterocycles. The summed E-state index contributed by atoms with van der Waals surface area (Å²) in [5, 5.41) is 13.8. The summed E-state index contributed by atoms with van der Waals surface area (Å²) in [5.74, 6) is 0. The fraction of sp³-hybridized carbons (Fsp3) is 0.235. The van der Waals surface area contributed by atoms with E-state index in [0.717, 1.165) is 26.6 Å². The molecule has 2 aromatic heterocycles. The molecular weight excluding hydrogens is 312 g/mol. The molecule has 3 rings (SSSR count). The number of thioether (sulfide) groups is 2. The number of pyridine rings is 1. The Morgan fingerprint density at radius 1 is 1.00 bits per heavy atom. The highest BCUT2D eigenvalue weighted by Crippen LogP contribution is 2.29. The van der Waals surface area contributed by atoms with Crippen LogP contribution in [0.4, 0.5) is 0 Å². The van der Waals surface area contributed by atoms with Crippen LogP contribution in [0.5, 0.6) is 0 Å². The molecule has 0 bridgehead atoms. The Morgan fingerprint density at radius 2 is 1.68 bits per heavy atom. The molecule has 0 spiro atoms. The average molecular weight is 330 g/mol. The maximum Gasteiger partial charge on any atom is 0.104 e. The molecule has 0 aliphatic rings. The normalized spacial score (nSPS) is 12.7. The molecular formula is C17H18N2OS2. The van der Waals surface area contributed by atoms with Gasteiger partial charge in [0.2, 0.25) is 0 Å². The lowest BCUT2D eigenvalue weighted by Crippen LogP contribution is -2.01. The van der Waals surface area contributed by atoms with Crippen molar-refractivity contribution < 1.29 is 5.11 Å². The second-order valence-electron chi connectivity index (χ2n) is 5.13. The number of aliphatic hydroxyl groups excluding tert-OH is 1. The number of aryl methyl sites for hydroxylation is 1. The minimum atomic E-state index is -0.635. The average Bonchev–Trinajstić information content (AvgIpc) is 2.94. The molecule has 0 fully saturated rings. The predicted octanol–water partition coefficient (Wildman–Crippen LogP) is 4.10. The van der Waals surface area contributed by atoms with Crippen LogP contribution in [0.15, 0.2) is 52.6 Å². The van der Waals surface area contributed by atoms with Gasteiger partial charge >= 0.3 is 0 Å². The van der Waals surface area contributed by atoms with Crippen molar-refractivity contribution in [2.45, 2.75) is 16.2 Å². The van der Waals surface area contributed by atoms with Crippen LogP contribution >= 0.6 is 23.5 Å². The number of aliphatic hydroxyl groups is 1. The molecule has 0 aliphatic heterocycles. The van der Waals surface area contributed by atoms with Crippen LogP contribution in [0.3, 0.4) is 0 Å². The van der Waals surface area contributed by atoms with Crippen LogP contribution in [0, 0.1) is 0 Å². The van der Waals surface area contributed by atoms with Crippen molar-refractivity contribution in [3.05, 3.63) is 53.7 Å². The lowest BCUT2D eigenvalue weighted by atomic mass is 10.0. The second kappa shape index (κ2) is 6.36. The third-order valence-electron chi connectivity index (χ3n) is 3.76. The number of nitrogens with zero attached hydrogens (tertiary/aromatic N) is 2. The molecule has 0 aliphatic carbocycles. The lowest BCUT2D eigenvalue weighted by molar-refractivity contribution is 0.219. The summed E-state index contributed by atoms with van der Waals surface area (Å²) in [7, 11) is 2.02. The van der Waals surface area contributed by atoms with Gasteiger partial charge in [-0.1, -0.05) is 6.07 Å². The van der Waals surface area contributed by atoms with Gasteiger partial charge < -0.3 is 9.67 Å². The van der Waals surface area contributed by atoms with E-state index < -0.39 is 6.10 Å². The van der Waals surface area contributed by atoms with Gasteiger partial charge in [-0.2, -0.15) is 0 Å². The zero-order valence-corrected chi connectivity index (χ0v) is 14.4. The molecule has 0 amide bonds. The fourth-order valence-electron chi connectivity index (χ4n) is 2.53. The van der Waals surface area contributed by atoms with Gasteiger partial charge in [0, 0.05) is 18.8 Å². The third-order valence-corrected chi connectivity index (χ3v) is 5.01. The molecule has 0 saturated carbocycles. The fourth-order valence-corrected chi connectivity index (χ4v) is 3.47. The van der Waals surface area contributed by atoms with E-state index in [1.54, 1.807) is 23.5 Å². The molecule has 0 radical (unpaired) electrons. The monoisotopic (exact) mass is 330 g/mol. The molecule has 1 unspecified atom stereocenters. The van der Waals surface area contributed by atoms with E-state index in [4.69, 9.17) is 0 Å². The Kier molecular flexibility index (Phi) is 4.47. The summed E-state index contributed by atoms with van der Waals surface area (Å²) in [4.78, 5) is 4.51. The first-order valence-corrected chi connectivity index (χ1v) is 9.40. The minimum absolute atomic E-state index is 0.635. The topological polar surface area (TPSA) is 38.0 Å². The Hall–Kier alpha value is -1.43. The second-order valence-corrected chi connectivity index (χ2v) is 6.79. The van der Waals surface area contributed by atoms with E-state index in [0.29, 0.717) is 0 Å². The van der Waals surface area contributed by atoms with Gasteiger partial charge in [0.05, 0.1) is 10.1 Å². The number of benzene rings is 1. The Morgan fingerprint density at radius 3 is 2.32 bits per heavy atom. The van der Waals surface area contributed by atoms with Gasteiger partial charge in [-0.05, 0) is 59.4 Å². The zero-order chi connectivity index (χ0) is 15.7. The first-order valence-electron chi connectivity index (χ1n) is 6.95. The summed E-state index contributed by atoms with van der Waals surface area (Å²) < 4.78 is 2.08. The van der Waals surface area contributed by atoms with Gasteiger partial charge in [-0.25, -0.2) is 4.98 Å². The summed E-state index contributed by atoms with van der Waals surface area (Å²) in [6, 6.07) is 12.1. The Balaban J connectivity index is 2.02.